The standard InChI is InChI=1S/C11H15ClN2O2/c1-7(2)10(15)6-14-11(16)9-5-8(12)3-4-13-9/h3-5,7,10,15H,6H2,1-2H3,(H,14,16). The number of hydrogen-bond donors (Lipinski definition) is 2. The molecule has 0 spiro atoms. The SMILES string of the molecule is CC(C)C(O)CNC(=O)c1cc(Cl)ccn1. The number of nitrogens with zero attached hydrogens (tertiary/aromatic N) is 1. The van der Waals surface area contributed by atoms with Gasteiger partial charge in [-0.25, -0.2) is 0 Å². The number of nitrogens with one attached hydrogen (secondary N) is 1. The summed E-state index contributed by atoms with van der Waals surface area (Å²) in [4.78, 5) is 15.5. The van der Waals surface area contributed by atoms with E-state index < -0.39 is 6.10 Å². The number of aromatic nitrogens is 1. The number of pyridine rings is 1. The monoisotopic (exact) mass is 242 g/mol. The minimum absolute atomic E-state index is 0.104. The second-order valence-electron chi connectivity index (χ2n) is 3.88. The predicted molar refractivity (Wildman–Crippen MR) is 62.4 cm³/mol. The fourth-order valence-electron chi connectivity index (χ4n) is 1.05. The van der Waals surface area contributed by atoms with Gasteiger partial charge in [0.15, 0.2) is 0 Å². The summed E-state index contributed by atoms with van der Waals surface area (Å²) in [6.45, 7) is 3.98. The molecule has 0 saturated carbocycles. The quantitative estimate of drug-likeness (QED) is 0.841. The van der Waals surface area contributed by atoms with Crippen molar-refractivity contribution in [2.45, 2.75) is 20.0 Å². The molecule has 0 aliphatic heterocycles. The van der Waals surface area contributed by atoms with Crippen molar-refractivity contribution in [3.05, 3.63) is 29.0 Å². The molecule has 0 aliphatic rings. The summed E-state index contributed by atoms with van der Waals surface area (Å²) >= 11 is 5.73. The van der Waals surface area contributed by atoms with Crippen LogP contribution in [0.15, 0.2) is 18.3 Å². The van der Waals surface area contributed by atoms with Gasteiger partial charge in [0, 0.05) is 17.8 Å². The fraction of sp³-hybridized carbons (Fsp3) is 0.455. The number of amides is 1. The lowest BCUT2D eigenvalue weighted by Crippen LogP contribution is -2.35. The Kier molecular flexibility index (Phi) is 4.71. The number of aliphatic hydroxyl groups excluding tert-OH is 1. The third-order valence-electron chi connectivity index (χ3n) is 2.20. The van der Waals surface area contributed by atoms with E-state index in [1.807, 2.05) is 13.8 Å². The predicted octanol–water partition coefficient (Wildman–Crippen LogP) is 1.48. The minimum Gasteiger partial charge on any atom is -0.391 e. The van der Waals surface area contributed by atoms with E-state index in [0.29, 0.717) is 5.02 Å². The van der Waals surface area contributed by atoms with Crippen LogP contribution in [0.25, 0.3) is 0 Å². The third kappa shape index (κ3) is 3.79. The van der Waals surface area contributed by atoms with Crippen molar-refractivity contribution in [2.75, 3.05) is 6.54 Å². The summed E-state index contributed by atoms with van der Waals surface area (Å²) in [7, 11) is 0. The maximum absolute atomic E-state index is 11.6. The summed E-state index contributed by atoms with van der Waals surface area (Å²) in [5.41, 5.74) is 0.253. The molecule has 1 rings (SSSR count). The van der Waals surface area contributed by atoms with Crippen molar-refractivity contribution in [1.82, 2.24) is 10.3 Å². The number of carbonyl (C=O) groups is 1. The van der Waals surface area contributed by atoms with E-state index in [0.717, 1.165) is 0 Å². The van der Waals surface area contributed by atoms with Crippen LogP contribution in [0.3, 0.4) is 0 Å². The summed E-state index contributed by atoms with van der Waals surface area (Å²) in [6, 6.07) is 3.08. The Morgan fingerprint density at radius 3 is 2.88 bits per heavy atom. The highest BCUT2D eigenvalue weighted by Crippen LogP contribution is 2.08. The molecule has 1 aromatic rings. The Morgan fingerprint density at radius 1 is 1.62 bits per heavy atom. The van der Waals surface area contributed by atoms with Gasteiger partial charge in [-0.3, -0.25) is 9.78 Å². The highest BCUT2D eigenvalue weighted by Gasteiger charge is 2.12. The van der Waals surface area contributed by atoms with Crippen LogP contribution in [0.1, 0.15) is 24.3 Å². The molecule has 0 bridgehead atoms. The lowest BCUT2D eigenvalue weighted by Gasteiger charge is -2.14. The van der Waals surface area contributed by atoms with Crippen molar-refractivity contribution in [3.63, 3.8) is 0 Å². The van der Waals surface area contributed by atoms with Gasteiger partial charge >= 0.3 is 0 Å². The van der Waals surface area contributed by atoms with Crippen LogP contribution in [0, 0.1) is 5.92 Å². The van der Waals surface area contributed by atoms with E-state index in [9.17, 15) is 9.90 Å². The van der Waals surface area contributed by atoms with Crippen LogP contribution in [0.4, 0.5) is 0 Å². The molecule has 88 valence electrons. The number of aliphatic hydroxyl groups is 1. The largest absolute Gasteiger partial charge is 0.391 e. The first kappa shape index (κ1) is 12.9. The average Bonchev–Trinajstić information content (AvgIpc) is 2.25. The minimum atomic E-state index is -0.553. The highest BCUT2D eigenvalue weighted by atomic mass is 35.5. The molecular formula is C11H15ClN2O2. The van der Waals surface area contributed by atoms with Crippen LogP contribution < -0.4 is 5.32 Å². The third-order valence-corrected chi connectivity index (χ3v) is 2.43. The van der Waals surface area contributed by atoms with E-state index in [1.165, 1.54) is 12.3 Å². The number of halogens is 1. The first-order chi connectivity index (χ1) is 7.50. The summed E-state index contributed by atoms with van der Waals surface area (Å²) in [5.74, 6) is -0.227. The molecule has 0 fully saturated rings. The van der Waals surface area contributed by atoms with Gasteiger partial charge in [0.1, 0.15) is 5.69 Å². The van der Waals surface area contributed by atoms with Crippen molar-refractivity contribution in [1.29, 1.82) is 0 Å². The molecule has 0 radical (unpaired) electrons. The molecule has 4 nitrogen and oxygen atoms in total. The van der Waals surface area contributed by atoms with Gasteiger partial charge in [0.2, 0.25) is 0 Å². The molecule has 0 aliphatic carbocycles. The van der Waals surface area contributed by atoms with E-state index in [1.54, 1.807) is 6.07 Å². The van der Waals surface area contributed by atoms with Gasteiger partial charge in [0.25, 0.3) is 5.91 Å². The number of hydrogen-bond acceptors (Lipinski definition) is 3. The molecule has 0 saturated heterocycles. The van der Waals surface area contributed by atoms with Gasteiger partial charge in [-0.2, -0.15) is 0 Å². The smallest absolute Gasteiger partial charge is 0.270 e. The van der Waals surface area contributed by atoms with Gasteiger partial charge in [-0.05, 0) is 18.1 Å². The molecule has 1 amide bonds. The van der Waals surface area contributed by atoms with E-state index >= 15 is 0 Å². The van der Waals surface area contributed by atoms with Crippen molar-refractivity contribution in [3.8, 4) is 0 Å². The molecule has 16 heavy (non-hydrogen) atoms. The van der Waals surface area contributed by atoms with E-state index in [-0.39, 0.29) is 24.1 Å². The van der Waals surface area contributed by atoms with Crippen LogP contribution in [0.2, 0.25) is 5.02 Å². The van der Waals surface area contributed by atoms with Gasteiger partial charge < -0.3 is 10.4 Å². The van der Waals surface area contributed by atoms with Crippen molar-refractivity contribution >= 4 is 17.5 Å². The van der Waals surface area contributed by atoms with Crippen LogP contribution in [-0.2, 0) is 0 Å². The van der Waals surface area contributed by atoms with Crippen LogP contribution >= 0.6 is 11.6 Å². The van der Waals surface area contributed by atoms with Crippen molar-refractivity contribution < 1.29 is 9.90 Å². The Hall–Kier alpha value is -1.13. The summed E-state index contributed by atoms with van der Waals surface area (Å²) < 4.78 is 0. The molecule has 0 aromatic carbocycles. The highest BCUT2D eigenvalue weighted by molar-refractivity contribution is 6.30. The molecule has 1 unspecified atom stereocenters. The summed E-state index contributed by atoms with van der Waals surface area (Å²) in [6.07, 6.45) is 0.916. The van der Waals surface area contributed by atoms with Crippen molar-refractivity contribution in [2.24, 2.45) is 5.92 Å². The van der Waals surface area contributed by atoms with E-state index in [2.05, 4.69) is 10.3 Å². The zero-order valence-electron chi connectivity index (χ0n) is 9.27. The molecule has 2 N–H and O–H groups in total. The Morgan fingerprint density at radius 2 is 2.31 bits per heavy atom. The zero-order valence-corrected chi connectivity index (χ0v) is 10.0. The molecule has 1 aromatic heterocycles. The first-order valence-corrected chi connectivity index (χ1v) is 5.46. The molecular weight excluding hydrogens is 228 g/mol. The van der Waals surface area contributed by atoms with Crippen LogP contribution in [0.5, 0.6) is 0 Å². The normalized spacial score (nSPS) is 12.6. The summed E-state index contributed by atoms with van der Waals surface area (Å²) in [5, 5.41) is 12.6. The maximum atomic E-state index is 11.6. The lowest BCUT2D eigenvalue weighted by atomic mass is 10.1. The Balaban J connectivity index is 2.53. The maximum Gasteiger partial charge on any atom is 0.270 e. The molecule has 5 heteroatoms. The van der Waals surface area contributed by atoms with Gasteiger partial charge in [-0.15, -0.1) is 0 Å². The Bertz CT molecular complexity index is 369. The van der Waals surface area contributed by atoms with Gasteiger partial charge in [-0.1, -0.05) is 25.4 Å². The second-order valence-corrected chi connectivity index (χ2v) is 4.32. The van der Waals surface area contributed by atoms with Crippen LogP contribution in [-0.4, -0.2) is 28.6 Å². The van der Waals surface area contributed by atoms with Gasteiger partial charge in [0.05, 0.1) is 6.10 Å². The zero-order chi connectivity index (χ0) is 12.1. The Labute approximate surface area is 99.6 Å². The number of rotatable bonds is 4. The molecule has 1 atom stereocenters. The first-order valence-electron chi connectivity index (χ1n) is 5.08. The molecule has 1 heterocycles. The topological polar surface area (TPSA) is 62.2 Å². The fourth-order valence-corrected chi connectivity index (χ4v) is 1.21. The van der Waals surface area contributed by atoms with E-state index in [4.69, 9.17) is 11.6 Å². The second kappa shape index (κ2) is 5.82. The average molecular weight is 243 g/mol. The number of carbonyl (C=O) groups excluding carboxylic acids is 1. The lowest BCUT2D eigenvalue weighted by molar-refractivity contribution is 0.0867.